The minimum Gasteiger partial charge on any atom is -0.395 e. The molecule has 8 heteroatoms. The zero-order chi connectivity index (χ0) is 28.7. The number of carbonyl (C=O) groups excluding carboxylic acids is 2. The van der Waals surface area contributed by atoms with Crippen molar-refractivity contribution in [2.24, 2.45) is 0 Å². The molecule has 1 unspecified atom stereocenters. The van der Waals surface area contributed by atoms with Gasteiger partial charge in [-0.1, -0.05) is 87.0 Å². The lowest BCUT2D eigenvalue weighted by Gasteiger charge is -2.38. The zero-order valence-electron chi connectivity index (χ0n) is 23.5. The molecular formula is C32H39ClN4O3. The fourth-order valence-electron chi connectivity index (χ4n) is 4.96. The first kappa shape index (κ1) is 29.7. The summed E-state index contributed by atoms with van der Waals surface area (Å²) >= 11 is 6.27. The molecule has 40 heavy (non-hydrogen) atoms. The fraction of sp³-hybridized carbons (Fsp3) is 0.375. The quantitative estimate of drug-likeness (QED) is 0.347. The number of piperazine rings is 1. The Hall–Kier alpha value is -3.23. The Morgan fingerprint density at radius 1 is 0.950 bits per heavy atom. The second kappa shape index (κ2) is 13.4. The number of halogens is 1. The highest BCUT2D eigenvalue weighted by atomic mass is 35.5. The topological polar surface area (TPSA) is 84.9 Å². The van der Waals surface area contributed by atoms with Crippen molar-refractivity contribution in [3.05, 3.63) is 100 Å². The van der Waals surface area contributed by atoms with Crippen molar-refractivity contribution >= 4 is 29.1 Å². The van der Waals surface area contributed by atoms with Gasteiger partial charge in [-0.3, -0.25) is 19.4 Å². The van der Waals surface area contributed by atoms with Gasteiger partial charge in [-0.2, -0.15) is 0 Å². The molecule has 3 aromatic carbocycles. The first-order chi connectivity index (χ1) is 19.2. The minimum absolute atomic E-state index is 0.0558. The third kappa shape index (κ3) is 7.70. The number of hydrogen-bond donors (Lipinski definition) is 3. The largest absolute Gasteiger partial charge is 0.395 e. The molecule has 3 aromatic rings. The number of nitrogens with one attached hydrogen (secondary N) is 2. The molecule has 0 aliphatic carbocycles. The van der Waals surface area contributed by atoms with Crippen molar-refractivity contribution in [2.45, 2.75) is 38.8 Å². The molecule has 0 aromatic heterocycles. The lowest BCUT2D eigenvalue weighted by atomic mass is 9.87. The summed E-state index contributed by atoms with van der Waals surface area (Å²) in [7, 11) is 0. The summed E-state index contributed by atoms with van der Waals surface area (Å²) < 4.78 is 0. The van der Waals surface area contributed by atoms with Gasteiger partial charge in [0.2, 0.25) is 5.91 Å². The van der Waals surface area contributed by atoms with E-state index in [1.54, 1.807) is 18.2 Å². The summed E-state index contributed by atoms with van der Waals surface area (Å²) in [5, 5.41) is 15.7. The summed E-state index contributed by atoms with van der Waals surface area (Å²) in [5.41, 5.74) is 3.87. The van der Waals surface area contributed by atoms with Crippen LogP contribution in [0.3, 0.4) is 0 Å². The Morgan fingerprint density at radius 2 is 1.62 bits per heavy atom. The average Bonchev–Trinajstić information content (AvgIpc) is 2.94. The van der Waals surface area contributed by atoms with E-state index in [1.165, 1.54) is 5.56 Å². The van der Waals surface area contributed by atoms with E-state index < -0.39 is 6.04 Å². The number of carbonyl (C=O) groups is 2. The average molecular weight is 563 g/mol. The van der Waals surface area contributed by atoms with Crippen molar-refractivity contribution in [3.8, 4) is 0 Å². The molecule has 0 spiro atoms. The molecule has 1 aliphatic heterocycles. The van der Waals surface area contributed by atoms with Crippen LogP contribution in [0.5, 0.6) is 0 Å². The Kier molecular flexibility index (Phi) is 9.98. The maximum Gasteiger partial charge on any atom is 0.253 e. The summed E-state index contributed by atoms with van der Waals surface area (Å²) in [6.07, 6.45) is 0. The highest BCUT2D eigenvalue weighted by Crippen LogP contribution is 2.27. The third-order valence-electron chi connectivity index (χ3n) is 7.31. The smallest absolute Gasteiger partial charge is 0.253 e. The van der Waals surface area contributed by atoms with Crippen molar-refractivity contribution < 1.29 is 14.7 Å². The molecule has 1 heterocycles. The number of rotatable bonds is 9. The van der Waals surface area contributed by atoms with E-state index in [1.807, 2.05) is 42.5 Å². The van der Waals surface area contributed by atoms with Crippen LogP contribution >= 0.6 is 11.6 Å². The molecule has 1 fully saturated rings. The Balaban J connectivity index is 1.50. The first-order valence-corrected chi connectivity index (χ1v) is 14.1. The highest BCUT2D eigenvalue weighted by Gasteiger charge is 2.31. The van der Waals surface area contributed by atoms with Crippen molar-refractivity contribution in [3.63, 3.8) is 0 Å². The molecule has 0 bridgehead atoms. The molecule has 2 amide bonds. The van der Waals surface area contributed by atoms with Crippen LogP contribution in [0.1, 0.15) is 53.9 Å². The van der Waals surface area contributed by atoms with Crippen LogP contribution in [0.15, 0.2) is 72.8 Å². The number of anilines is 1. The van der Waals surface area contributed by atoms with Crippen molar-refractivity contribution in [1.82, 2.24) is 15.1 Å². The van der Waals surface area contributed by atoms with Gasteiger partial charge >= 0.3 is 0 Å². The van der Waals surface area contributed by atoms with Crippen molar-refractivity contribution in [2.75, 3.05) is 44.6 Å². The zero-order valence-corrected chi connectivity index (χ0v) is 24.2. The third-order valence-corrected chi connectivity index (χ3v) is 7.54. The van der Waals surface area contributed by atoms with Gasteiger partial charge in [0.25, 0.3) is 5.91 Å². The van der Waals surface area contributed by atoms with Crippen LogP contribution in [0.25, 0.3) is 0 Å². The number of hydrogen-bond acceptors (Lipinski definition) is 5. The fourth-order valence-corrected chi connectivity index (χ4v) is 5.14. The summed E-state index contributed by atoms with van der Waals surface area (Å²) in [5.74, 6) is -0.525. The van der Waals surface area contributed by atoms with Gasteiger partial charge in [0.15, 0.2) is 0 Å². The summed E-state index contributed by atoms with van der Waals surface area (Å²) in [4.78, 5) is 31.4. The second-order valence-electron chi connectivity index (χ2n) is 11.2. The number of amides is 2. The van der Waals surface area contributed by atoms with Gasteiger partial charge in [0.1, 0.15) is 6.04 Å². The van der Waals surface area contributed by atoms with Gasteiger partial charge < -0.3 is 15.7 Å². The predicted octanol–water partition coefficient (Wildman–Crippen LogP) is 4.86. The van der Waals surface area contributed by atoms with Crippen LogP contribution in [0, 0.1) is 0 Å². The van der Waals surface area contributed by atoms with Gasteiger partial charge in [0.05, 0.1) is 17.9 Å². The molecule has 212 valence electrons. The minimum atomic E-state index is -0.523. The number of aliphatic hydroxyl groups is 1. The van der Waals surface area contributed by atoms with E-state index in [9.17, 15) is 14.7 Å². The number of benzene rings is 3. The van der Waals surface area contributed by atoms with E-state index in [2.05, 4.69) is 53.3 Å². The maximum atomic E-state index is 13.8. The SMILES string of the molecule is CC(C)(C)c1ccc(CNC(=O)c2cc(Cl)ccc2NC(=O)C(c2ccccc2)N2CCN(CCO)CC2)cc1. The normalized spacial score (nSPS) is 15.4. The molecule has 1 saturated heterocycles. The molecule has 4 rings (SSSR count). The Bertz CT molecular complexity index is 1280. The molecular weight excluding hydrogens is 524 g/mol. The highest BCUT2D eigenvalue weighted by molar-refractivity contribution is 6.31. The van der Waals surface area contributed by atoms with Crippen LogP contribution in [0.4, 0.5) is 5.69 Å². The van der Waals surface area contributed by atoms with Gasteiger partial charge in [-0.25, -0.2) is 0 Å². The van der Waals surface area contributed by atoms with Crippen LogP contribution in [-0.4, -0.2) is 66.1 Å². The number of nitrogens with zero attached hydrogens (tertiary/aromatic N) is 2. The standard InChI is InChI=1S/C32H39ClN4O3/c1-32(2,3)25-11-9-23(10-12-25)22-34-30(39)27-21-26(33)13-14-28(27)35-31(40)29(24-7-5-4-6-8-24)37-17-15-36(16-18-37)19-20-38/h4-14,21,29,38H,15-20,22H2,1-3H3,(H,34,39)(H,35,40). The van der Waals surface area contributed by atoms with E-state index in [0.717, 1.165) is 24.2 Å². The number of aliphatic hydroxyl groups excluding tert-OH is 1. The van der Waals surface area contributed by atoms with E-state index in [4.69, 9.17) is 11.6 Å². The lowest BCUT2D eigenvalue weighted by Crippen LogP contribution is -2.50. The lowest BCUT2D eigenvalue weighted by molar-refractivity contribution is -0.122. The van der Waals surface area contributed by atoms with E-state index >= 15 is 0 Å². The van der Waals surface area contributed by atoms with Gasteiger partial charge in [-0.05, 0) is 40.3 Å². The van der Waals surface area contributed by atoms with E-state index in [0.29, 0.717) is 42.5 Å². The second-order valence-corrected chi connectivity index (χ2v) is 11.7. The molecule has 1 aliphatic rings. The maximum absolute atomic E-state index is 13.8. The Labute approximate surface area is 242 Å². The monoisotopic (exact) mass is 562 g/mol. The Morgan fingerprint density at radius 3 is 2.25 bits per heavy atom. The summed E-state index contributed by atoms with van der Waals surface area (Å²) in [6, 6.07) is 22.3. The summed E-state index contributed by atoms with van der Waals surface area (Å²) in [6.45, 7) is 10.5. The van der Waals surface area contributed by atoms with E-state index in [-0.39, 0.29) is 23.8 Å². The molecule has 0 radical (unpaired) electrons. The molecule has 1 atom stereocenters. The van der Waals surface area contributed by atoms with Gasteiger partial charge in [-0.15, -0.1) is 0 Å². The molecule has 0 saturated carbocycles. The first-order valence-electron chi connectivity index (χ1n) is 13.8. The molecule has 7 nitrogen and oxygen atoms in total. The van der Waals surface area contributed by atoms with Crippen LogP contribution in [0.2, 0.25) is 5.02 Å². The number of β-amino-alcohol motifs (C(OH)–C–C–N with tert-alkyl or cyclic N) is 1. The van der Waals surface area contributed by atoms with Crippen LogP contribution < -0.4 is 10.6 Å². The molecule has 3 N–H and O–H groups in total. The van der Waals surface area contributed by atoms with Crippen molar-refractivity contribution in [1.29, 1.82) is 0 Å². The predicted molar refractivity (Wildman–Crippen MR) is 161 cm³/mol. The van der Waals surface area contributed by atoms with Gasteiger partial charge in [0, 0.05) is 44.3 Å². The van der Waals surface area contributed by atoms with Crippen LogP contribution in [-0.2, 0) is 16.8 Å².